The first kappa shape index (κ1) is 45.3. The molecule has 0 spiro atoms. The molecule has 0 aromatic carbocycles. The van der Waals surface area contributed by atoms with Gasteiger partial charge in [-0.2, -0.15) is 8.42 Å². The molecule has 0 saturated carbocycles. The van der Waals surface area contributed by atoms with E-state index in [1.54, 1.807) is 0 Å². The van der Waals surface area contributed by atoms with Crippen molar-refractivity contribution < 1.29 is 34.0 Å². The van der Waals surface area contributed by atoms with Gasteiger partial charge in [0.1, 0.15) is 0 Å². The fourth-order valence-electron chi connectivity index (χ4n) is 0. The molecule has 0 amide bonds. The molecular formula is CH13NaO7S. The second kappa shape index (κ2) is 16.4. The molecule has 10 heavy (non-hydrogen) atoms. The Balaban J connectivity index is -0.00000000800. The van der Waals surface area contributed by atoms with Crippen LogP contribution >= 0.6 is 0 Å². The maximum atomic E-state index is 8.74. The van der Waals surface area contributed by atoms with Crippen LogP contribution in [0.15, 0.2) is 0 Å². The maximum absolute atomic E-state index is 8.74. The predicted octanol–water partition coefficient (Wildman–Crippen LogP) is -3.14. The molecule has 8 N–H and O–H groups in total. The van der Waals surface area contributed by atoms with E-state index >= 15 is 0 Å². The molecule has 0 saturated heterocycles. The van der Waals surface area contributed by atoms with Crippen molar-refractivity contribution in [2.75, 3.05) is 0 Å². The summed E-state index contributed by atoms with van der Waals surface area (Å²) in [5.41, 5.74) is 0. The van der Waals surface area contributed by atoms with Crippen molar-refractivity contribution in [2.45, 2.75) is 7.43 Å². The van der Waals surface area contributed by atoms with E-state index in [2.05, 4.69) is 0 Å². The van der Waals surface area contributed by atoms with Crippen LogP contribution < -0.4 is 0 Å². The van der Waals surface area contributed by atoms with E-state index in [9.17, 15) is 0 Å². The van der Waals surface area contributed by atoms with Gasteiger partial charge in [-0.3, -0.25) is 9.11 Å². The van der Waals surface area contributed by atoms with Crippen LogP contribution in [0.5, 0.6) is 0 Å². The molecule has 0 aliphatic heterocycles. The number of hydrogen-bond donors (Lipinski definition) is 2. The average molecular weight is 192 g/mol. The molecule has 0 aromatic rings. The molecular weight excluding hydrogens is 179 g/mol. The van der Waals surface area contributed by atoms with Gasteiger partial charge in [0.05, 0.1) is 0 Å². The van der Waals surface area contributed by atoms with Crippen LogP contribution in [-0.4, -0.2) is 63.5 Å². The number of hydrogen-bond acceptors (Lipinski definition) is 2. The third-order valence-electron chi connectivity index (χ3n) is 0. The molecule has 0 heterocycles. The van der Waals surface area contributed by atoms with E-state index < -0.39 is 10.4 Å². The van der Waals surface area contributed by atoms with E-state index in [1.807, 2.05) is 0 Å². The summed E-state index contributed by atoms with van der Waals surface area (Å²) in [6.45, 7) is 0. The molecule has 7 nitrogen and oxygen atoms in total. The van der Waals surface area contributed by atoms with Gasteiger partial charge in [0, 0.05) is 0 Å². The van der Waals surface area contributed by atoms with Crippen molar-refractivity contribution >= 4 is 40.0 Å². The Hall–Kier alpha value is 0.750. The predicted molar refractivity (Wildman–Crippen MR) is 38.9 cm³/mol. The number of rotatable bonds is 0. The second-order valence-corrected chi connectivity index (χ2v) is 1.34. The quantitative estimate of drug-likeness (QED) is 0.305. The van der Waals surface area contributed by atoms with Gasteiger partial charge < -0.3 is 16.4 Å². The van der Waals surface area contributed by atoms with Crippen molar-refractivity contribution in [1.29, 1.82) is 0 Å². The molecule has 66 valence electrons. The first-order valence-electron chi connectivity index (χ1n) is 0.698. The van der Waals surface area contributed by atoms with Crippen molar-refractivity contribution in [3.05, 3.63) is 0 Å². The first-order chi connectivity index (χ1) is 2.00. The van der Waals surface area contributed by atoms with Crippen LogP contribution in [0.3, 0.4) is 0 Å². The summed E-state index contributed by atoms with van der Waals surface area (Å²) in [5.74, 6) is 0. The fraction of sp³-hybridized carbons (Fsp3) is 1.00. The van der Waals surface area contributed by atoms with E-state index in [0.29, 0.717) is 0 Å². The molecule has 0 bridgehead atoms. The first-order valence-corrected chi connectivity index (χ1v) is 2.10. The molecule has 0 aliphatic carbocycles. The van der Waals surface area contributed by atoms with Crippen molar-refractivity contribution in [3.8, 4) is 0 Å². The zero-order valence-corrected chi connectivity index (χ0v) is 4.44. The minimum absolute atomic E-state index is 0. The summed E-state index contributed by atoms with van der Waals surface area (Å²) in [6, 6.07) is 0. The van der Waals surface area contributed by atoms with Gasteiger partial charge in [-0.1, -0.05) is 7.43 Å². The summed E-state index contributed by atoms with van der Waals surface area (Å²) in [4.78, 5) is 0. The molecule has 0 rings (SSSR count). The summed E-state index contributed by atoms with van der Waals surface area (Å²) < 4.78 is 31.6. The molecule has 0 atom stereocenters. The summed E-state index contributed by atoms with van der Waals surface area (Å²) >= 11 is 0. The fourth-order valence-corrected chi connectivity index (χ4v) is 0. The van der Waals surface area contributed by atoms with Gasteiger partial charge in [0.2, 0.25) is 0 Å². The zero-order chi connectivity index (χ0) is 4.50. The summed E-state index contributed by atoms with van der Waals surface area (Å²) in [5, 5.41) is 0. The van der Waals surface area contributed by atoms with Crippen LogP contribution in [-0.2, 0) is 10.4 Å². The zero-order valence-electron chi connectivity index (χ0n) is 3.62. The van der Waals surface area contributed by atoms with Crippen LogP contribution in [0, 0.1) is 0 Å². The molecule has 9 heteroatoms. The van der Waals surface area contributed by atoms with Crippen LogP contribution in [0.1, 0.15) is 7.43 Å². The Morgan fingerprint density at radius 3 is 0.900 bits per heavy atom. The van der Waals surface area contributed by atoms with Gasteiger partial charge in [-0.05, 0) is 0 Å². The summed E-state index contributed by atoms with van der Waals surface area (Å²) in [6.07, 6.45) is 0. The molecule has 0 fully saturated rings. The Bertz CT molecular complexity index is 96.8. The van der Waals surface area contributed by atoms with Gasteiger partial charge >= 0.3 is 40.0 Å². The molecule has 0 unspecified atom stereocenters. The molecule has 0 aliphatic rings. The summed E-state index contributed by atoms with van der Waals surface area (Å²) in [7, 11) is -4.67. The Kier molecular flexibility index (Phi) is 74.2. The Morgan fingerprint density at radius 2 is 0.900 bits per heavy atom. The van der Waals surface area contributed by atoms with E-state index in [4.69, 9.17) is 17.5 Å². The normalized spacial score (nSPS) is 5.80. The van der Waals surface area contributed by atoms with Crippen molar-refractivity contribution in [2.24, 2.45) is 0 Å². The third kappa shape index (κ3) is 934. The average Bonchev–Trinajstić information content (AvgIpc) is 0.722. The standard InChI is InChI=1S/CH4.Na.H2O4S.3H2O.H/c;;1-5(2,3)4;;;;/h1H4;;(H2,1,2,3,4);3*1H2;. The van der Waals surface area contributed by atoms with E-state index in [0.717, 1.165) is 0 Å². The second-order valence-electron chi connectivity index (χ2n) is 0.448. The Labute approximate surface area is 81.2 Å². The third-order valence-corrected chi connectivity index (χ3v) is 0. The van der Waals surface area contributed by atoms with E-state index in [-0.39, 0.29) is 53.4 Å². The van der Waals surface area contributed by atoms with Crippen LogP contribution in [0.2, 0.25) is 0 Å². The Morgan fingerprint density at radius 1 is 0.900 bits per heavy atom. The van der Waals surface area contributed by atoms with Crippen molar-refractivity contribution in [1.82, 2.24) is 0 Å². The van der Waals surface area contributed by atoms with Gasteiger partial charge in [0.25, 0.3) is 0 Å². The van der Waals surface area contributed by atoms with Gasteiger partial charge in [-0.25, -0.2) is 0 Å². The topological polar surface area (TPSA) is 169 Å². The van der Waals surface area contributed by atoms with Crippen LogP contribution in [0.25, 0.3) is 0 Å². The monoisotopic (exact) mass is 192 g/mol. The SMILES string of the molecule is C.O.O.O.O=S(=O)(O)O.[NaH]. The minimum atomic E-state index is -4.67. The van der Waals surface area contributed by atoms with Gasteiger partial charge in [0.15, 0.2) is 0 Å². The van der Waals surface area contributed by atoms with Gasteiger partial charge in [-0.15, -0.1) is 0 Å². The molecule has 0 radical (unpaired) electrons. The van der Waals surface area contributed by atoms with E-state index in [1.165, 1.54) is 0 Å². The molecule has 0 aromatic heterocycles. The van der Waals surface area contributed by atoms with Crippen LogP contribution in [0.4, 0.5) is 0 Å². The van der Waals surface area contributed by atoms with Crippen molar-refractivity contribution in [3.63, 3.8) is 0 Å².